The molecule has 1 unspecified atom stereocenters. The molecule has 0 radical (unpaired) electrons. The van der Waals surface area contributed by atoms with Crippen LogP contribution in [0.4, 0.5) is 21.5 Å². The minimum atomic E-state index is -0.749. The SMILES string of the molecule is CCC1(CC)C(=O)N(c2cccc(F)c2O)[C@H]1c1ccc(N2CCC(CN3CCN(CC4CCN(c5ccc6c(c5)CN(C5CCC(=O)NC5=O)C6=O)CC4)CC3)CC2)cc1OC. The minimum Gasteiger partial charge on any atom is -0.503 e. The summed E-state index contributed by atoms with van der Waals surface area (Å²) in [4.78, 5) is 64.4. The monoisotopic (exact) mass is 863 g/mol. The van der Waals surface area contributed by atoms with Gasteiger partial charge < -0.3 is 34.3 Å². The second-order valence-corrected chi connectivity index (χ2v) is 18.7. The molecule has 6 heterocycles. The van der Waals surface area contributed by atoms with Crippen molar-refractivity contribution in [3.05, 3.63) is 77.1 Å². The Labute approximate surface area is 370 Å². The van der Waals surface area contributed by atoms with Gasteiger partial charge in [0.25, 0.3) is 5.91 Å². The summed E-state index contributed by atoms with van der Waals surface area (Å²) in [6.07, 6.45) is 6.40. The van der Waals surface area contributed by atoms with Crippen LogP contribution < -0.4 is 24.8 Å². The van der Waals surface area contributed by atoms with Gasteiger partial charge in [-0.1, -0.05) is 26.0 Å². The molecule has 0 spiro atoms. The molecule has 2 atom stereocenters. The highest BCUT2D eigenvalue weighted by molar-refractivity contribution is 6.07. The van der Waals surface area contributed by atoms with Crippen molar-refractivity contribution in [3.8, 4) is 11.5 Å². The van der Waals surface area contributed by atoms with Crippen LogP contribution in [0.2, 0.25) is 0 Å². The van der Waals surface area contributed by atoms with Crippen molar-refractivity contribution < 1.29 is 33.4 Å². The standard InChI is InChI=1S/C49H62FN7O6/c1-4-49(5-2)45(57(48(49)62)40-8-6-7-39(50)44(40)59)38-12-10-36(28-42(38)63-3)55-21-17-33(18-22-55)30-53-25-23-52(24-26-53)29-32-15-19-54(20-16-32)35-9-11-37-34(27-35)31-56(47(37)61)41-13-14-43(58)51-46(41)60/h6-12,27-28,32-33,41,45,59H,4-5,13-26,29-31H2,1-3H3,(H,51,58,60)/t41?,45-/m0/s1. The van der Waals surface area contributed by atoms with Crippen LogP contribution in [0.15, 0.2) is 54.6 Å². The first-order chi connectivity index (χ1) is 30.5. The fourth-order valence-electron chi connectivity index (χ4n) is 11.5. The smallest absolute Gasteiger partial charge is 0.255 e. The van der Waals surface area contributed by atoms with Gasteiger partial charge in [0.15, 0.2) is 11.6 Å². The third-order valence-corrected chi connectivity index (χ3v) is 15.4. The lowest BCUT2D eigenvalue weighted by Gasteiger charge is -2.56. The van der Waals surface area contributed by atoms with E-state index in [0.29, 0.717) is 49.0 Å². The third-order valence-electron chi connectivity index (χ3n) is 15.4. The third kappa shape index (κ3) is 8.02. The van der Waals surface area contributed by atoms with E-state index in [1.165, 1.54) is 12.1 Å². The lowest BCUT2D eigenvalue weighted by Crippen LogP contribution is -2.63. The van der Waals surface area contributed by atoms with E-state index in [1.807, 2.05) is 26.0 Å². The molecule has 9 rings (SSSR count). The number of methoxy groups -OCH3 is 1. The van der Waals surface area contributed by atoms with Crippen molar-refractivity contribution >= 4 is 40.7 Å². The van der Waals surface area contributed by atoms with Crippen LogP contribution in [-0.4, -0.2) is 122 Å². The van der Waals surface area contributed by atoms with Crippen molar-refractivity contribution in [1.82, 2.24) is 20.0 Å². The van der Waals surface area contributed by atoms with Gasteiger partial charge in [0.1, 0.15) is 11.8 Å². The van der Waals surface area contributed by atoms with E-state index in [9.17, 15) is 28.7 Å². The number of ether oxygens (including phenoxy) is 1. The Morgan fingerprint density at radius 3 is 1.97 bits per heavy atom. The largest absolute Gasteiger partial charge is 0.503 e. The molecule has 0 aromatic heterocycles. The number of carbonyl (C=O) groups is 4. The number of carbonyl (C=O) groups excluding carboxylic acids is 4. The maximum absolute atomic E-state index is 14.5. The Balaban J connectivity index is 0.727. The molecule has 4 amide bonds. The van der Waals surface area contributed by atoms with E-state index in [0.717, 1.165) is 114 Å². The predicted molar refractivity (Wildman–Crippen MR) is 240 cm³/mol. The molecule has 0 saturated carbocycles. The summed E-state index contributed by atoms with van der Waals surface area (Å²) in [6.45, 7) is 15.0. The number of hydrogen-bond donors (Lipinski definition) is 2. The number of aromatic hydroxyl groups is 1. The highest BCUT2D eigenvalue weighted by Gasteiger charge is 2.60. The average Bonchev–Trinajstić information content (AvgIpc) is 3.63. The number of hydrogen-bond acceptors (Lipinski definition) is 10. The van der Waals surface area contributed by atoms with Crippen molar-refractivity contribution in [3.63, 3.8) is 0 Å². The summed E-state index contributed by atoms with van der Waals surface area (Å²) in [6, 6.07) is 15.7. The fraction of sp³-hybridized carbons (Fsp3) is 0.551. The summed E-state index contributed by atoms with van der Waals surface area (Å²) >= 11 is 0. The Morgan fingerprint density at radius 1 is 0.778 bits per heavy atom. The molecule has 0 bridgehead atoms. The number of para-hydroxylation sites is 1. The van der Waals surface area contributed by atoms with Gasteiger partial charge in [-0.05, 0) is 98.7 Å². The lowest BCUT2D eigenvalue weighted by molar-refractivity contribution is -0.141. The normalized spacial score (nSPS) is 23.9. The van der Waals surface area contributed by atoms with Crippen LogP contribution in [-0.2, 0) is 20.9 Å². The van der Waals surface area contributed by atoms with Crippen LogP contribution >= 0.6 is 0 Å². The van der Waals surface area contributed by atoms with Gasteiger partial charge in [0.05, 0.1) is 24.3 Å². The van der Waals surface area contributed by atoms with E-state index >= 15 is 0 Å². The quantitative estimate of drug-likeness (QED) is 0.167. The summed E-state index contributed by atoms with van der Waals surface area (Å²) in [5, 5.41) is 13.0. The molecule has 5 saturated heterocycles. The van der Waals surface area contributed by atoms with E-state index in [4.69, 9.17) is 4.74 Å². The molecule has 13 nitrogen and oxygen atoms in total. The van der Waals surface area contributed by atoms with E-state index in [2.05, 4.69) is 49.2 Å². The van der Waals surface area contributed by atoms with Gasteiger partial charge in [0, 0.05) is 107 Å². The zero-order chi connectivity index (χ0) is 44.0. The number of β-lactam (4-membered cyclic amide) rings is 1. The Morgan fingerprint density at radius 2 is 1.38 bits per heavy atom. The van der Waals surface area contributed by atoms with Crippen LogP contribution in [0.1, 0.15) is 92.7 Å². The summed E-state index contributed by atoms with van der Waals surface area (Å²) < 4.78 is 20.5. The lowest BCUT2D eigenvalue weighted by atomic mass is 9.64. The van der Waals surface area contributed by atoms with Gasteiger partial charge in [0.2, 0.25) is 17.7 Å². The number of fused-ring (bicyclic) bond motifs is 1. The van der Waals surface area contributed by atoms with Crippen molar-refractivity contribution in [1.29, 1.82) is 0 Å². The molecule has 63 heavy (non-hydrogen) atoms. The maximum atomic E-state index is 14.5. The van der Waals surface area contributed by atoms with Crippen LogP contribution in [0.5, 0.6) is 11.5 Å². The number of nitrogens with one attached hydrogen (secondary N) is 1. The molecule has 2 N–H and O–H groups in total. The van der Waals surface area contributed by atoms with Gasteiger partial charge in [-0.3, -0.25) is 29.4 Å². The molecular formula is C49H62FN7O6. The fourth-order valence-corrected chi connectivity index (χ4v) is 11.5. The first-order valence-electron chi connectivity index (χ1n) is 23.2. The van der Waals surface area contributed by atoms with Crippen LogP contribution in [0.3, 0.4) is 0 Å². The second kappa shape index (κ2) is 17.8. The molecule has 0 aliphatic carbocycles. The van der Waals surface area contributed by atoms with Gasteiger partial charge in [-0.15, -0.1) is 0 Å². The average molecular weight is 864 g/mol. The molecule has 3 aromatic rings. The van der Waals surface area contributed by atoms with Crippen molar-refractivity contribution in [2.24, 2.45) is 17.3 Å². The topological polar surface area (TPSA) is 129 Å². The number of amides is 4. The number of benzene rings is 3. The molecule has 14 heteroatoms. The number of anilines is 3. The molecule has 6 aliphatic rings. The summed E-state index contributed by atoms with van der Waals surface area (Å²) in [7, 11) is 1.66. The molecule has 3 aromatic carbocycles. The highest BCUT2D eigenvalue weighted by Crippen LogP contribution is 2.59. The maximum Gasteiger partial charge on any atom is 0.255 e. The number of phenolic OH excluding ortho intramolecular Hbond substituents is 1. The Bertz CT molecular complexity index is 2230. The first kappa shape index (κ1) is 43.1. The van der Waals surface area contributed by atoms with Crippen LogP contribution in [0, 0.1) is 23.1 Å². The summed E-state index contributed by atoms with van der Waals surface area (Å²) in [5.74, 6) is -0.129. The van der Waals surface area contributed by atoms with Crippen molar-refractivity contribution in [2.75, 3.05) is 87.3 Å². The molecular weight excluding hydrogens is 802 g/mol. The second-order valence-electron chi connectivity index (χ2n) is 18.7. The first-order valence-corrected chi connectivity index (χ1v) is 23.2. The Kier molecular flexibility index (Phi) is 12.1. The number of rotatable bonds is 12. The predicted octanol–water partition coefficient (Wildman–Crippen LogP) is 5.95. The zero-order valence-corrected chi connectivity index (χ0v) is 37.0. The summed E-state index contributed by atoms with van der Waals surface area (Å²) in [5.41, 5.74) is 4.24. The number of nitrogens with zero attached hydrogens (tertiary/aromatic N) is 6. The van der Waals surface area contributed by atoms with E-state index in [1.54, 1.807) is 23.0 Å². The minimum absolute atomic E-state index is 0.108. The van der Waals surface area contributed by atoms with Gasteiger partial charge in [-0.25, -0.2) is 4.39 Å². The van der Waals surface area contributed by atoms with Crippen molar-refractivity contribution in [2.45, 2.75) is 83.8 Å². The zero-order valence-electron chi connectivity index (χ0n) is 37.0. The highest BCUT2D eigenvalue weighted by atomic mass is 19.1. The number of phenols is 1. The van der Waals surface area contributed by atoms with Crippen LogP contribution in [0.25, 0.3) is 0 Å². The number of imide groups is 1. The van der Waals surface area contributed by atoms with E-state index in [-0.39, 0.29) is 35.7 Å². The molecule has 5 fully saturated rings. The Hall–Kier alpha value is -5.21. The number of halogens is 1. The van der Waals surface area contributed by atoms with E-state index < -0.39 is 29.1 Å². The number of piperazine rings is 1. The van der Waals surface area contributed by atoms with Gasteiger partial charge in [-0.2, -0.15) is 0 Å². The van der Waals surface area contributed by atoms with Gasteiger partial charge >= 0.3 is 0 Å². The molecule has 6 aliphatic heterocycles. The molecule has 336 valence electrons. The number of piperidine rings is 3.